The van der Waals surface area contributed by atoms with E-state index in [1.165, 1.54) is 11.6 Å². The predicted octanol–water partition coefficient (Wildman–Crippen LogP) is 5.40. The lowest BCUT2D eigenvalue weighted by Gasteiger charge is -2.34. The summed E-state index contributed by atoms with van der Waals surface area (Å²) in [5.74, 6) is -0.704. The molecule has 1 fully saturated rings. The van der Waals surface area contributed by atoms with E-state index in [4.69, 9.17) is 4.98 Å². The van der Waals surface area contributed by atoms with Crippen LogP contribution in [-0.2, 0) is 12.0 Å². The van der Waals surface area contributed by atoms with Gasteiger partial charge in [-0.05, 0) is 35.2 Å². The standard InChI is InChI=1S/C29H31FN4O/c1-29(2,3)22-13-11-21(12-14-22)27-25(34-15-7-6-10-26(34)31-27)20-32-16-18-33(19-17-32)28(35)23-8-4-5-9-24(23)30/h4-15H,16-20H2,1-3H3. The number of amides is 1. The van der Waals surface area contributed by atoms with Gasteiger partial charge in [0.15, 0.2) is 0 Å². The number of fused-ring (bicyclic) bond motifs is 1. The van der Waals surface area contributed by atoms with Crippen LogP contribution in [0.5, 0.6) is 0 Å². The monoisotopic (exact) mass is 470 g/mol. The van der Waals surface area contributed by atoms with Gasteiger partial charge >= 0.3 is 0 Å². The maximum Gasteiger partial charge on any atom is 0.256 e. The smallest absolute Gasteiger partial charge is 0.256 e. The van der Waals surface area contributed by atoms with Crippen molar-refractivity contribution in [1.82, 2.24) is 19.2 Å². The molecule has 0 radical (unpaired) electrons. The van der Waals surface area contributed by atoms with Crippen LogP contribution < -0.4 is 0 Å². The van der Waals surface area contributed by atoms with Gasteiger partial charge in [-0.2, -0.15) is 0 Å². The molecule has 0 atom stereocenters. The molecule has 1 saturated heterocycles. The molecule has 1 aliphatic heterocycles. The quantitative estimate of drug-likeness (QED) is 0.401. The number of hydrogen-bond donors (Lipinski definition) is 0. The fraction of sp³-hybridized carbons (Fsp3) is 0.310. The molecular weight excluding hydrogens is 439 g/mol. The van der Waals surface area contributed by atoms with Gasteiger partial charge in [-0.25, -0.2) is 9.37 Å². The van der Waals surface area contributed by atoms with E-state index >= 15 is 0 Å². The van der Waals surface area contributed by atoms with E-state index in [2.05, 4.69) is 60.5 Å². The first-order valence-corrected chi connectivity index (χ1v) is 12.1. The second-order valence-electron chi connectivity index (χ2n) is 10.2. The van der Waals surface area contributed by atoms with Gasteiger partial charge in [0.1, 0.15) is 11.5 Å². The number of rotatable bonds is 4. The van der Waals surface area contributed by atoms with E-state index < -0.39 is 5.82 Å². The Morgan fingerprint density at radius 3 is 2.29 bits per heavy atom. The van der Waals surface area contributed by atoms with Gasteiger partial charge in [0.2, 0.25) is 0 Å². The number of pyridine rings is 1. The highest BCUT2D eigenvalue weighted by Crippen LogP contribution is 2.29. The van der Waals surface area contributed by atoms with Gasteiger partial charge < -0.3 is 9.30 Å². The molecule has 0 bridgehead atoms. The molecule has 2 aromatic heterocycles. The molecule has 3 heterocycles. The number of aromatic nitrogens is 2. The van der Waals surface area contributed by atoms with Crippen LogP contribution in [0.15, 0.2) is 72.9 Å². The summed E-state index contributed by atoms with van der Waals surface area (Å²) in [5, 5.41) is 0. The van der Waals surface area contributed by atoms with Gasteiger partial charge in [0.25, 0.3) is 5.91 Å². The van der Waals surface area contributed by atoms with Crippen LogP contribution in [0.1, 0.15) is 42.4 Å². The summed E-state index contributed by atoms with van der Waals surface area (Å²) in [7, 11) is 0. The van der Waals surface area contributed by atoms with E-state index in [0.717, 1.165) is 42.2 Å². The Balaban J connectivity index is 1.36. The number of carbonyl (C=O) groups excluding carboxylic acids is 1. The van der Waals surface area contributed by atoms with E-state index in [1.54, 1.807) is 23.1 Å². The Labute approximate surface area is 205 Å². The van der Waals surface area contributed by atoms with Crippen LogP contribution in [0.3, 0.4) is 0 Å². The molecule has 1 amide bonds. The molecule has 35 heavy (non-hydrogen) atoms. The Hall–Kier alpha value is -3.51. The molecule has 5 nitrogen and oxygen atoms in total. The Bertz CT molecular complexity index is 1350. The molecular formula is C29H31FN4O. The van der Waals surface area contributed by atoms with Gasteiger partial charge in [-0.15, -0.1) is 0 Å². The van der Waals surface area contributed by atoms with Gasteiger partial charge in [-0.3, -0.25) is 9.69 Å². The van der Waals surface area contributed by atoms with Gasteiger partial charge in [0, 0.05) is 44.5 Å². The van der Waals surface area contributed by atoms with Crippen LogP contribution in [0, 0.1) is 5.82 Å². The highest BCUT2D eigenvalue weighted by Gasteiger charge is 2.26. The molecule has 2 aromatic carbocycles. The predicted molar refractivity (Wildman–Crippen MR) is 137 cm³/mol. The topological polar surface area (TPSA) is 40.9 Å². The van der Waals surface area contributed by atoms with Crippen LogP contribution in [0.25, 0.3) is 16.9 Å². The SMILES string of the molecule is CC(C)(C)c1ccc(-c2nc3ccccn3c2CN2CCN(C(=O)c3ccccc3F)CC2)cc1. The lowest BCUT2D eigenvalue weighted by Crippen LogP contribution is -2.48. The maximum atomic E-state index is 14.1. The largest absolute Gasteiger partial charge is 0.336 e. The van der Waals surface area contributed by atoms with Gasteiger partial charge in [0.05, 0.1) is 17.0 Å². The third kappa shape index (κ3) is 4.71. The molecule has 0 aliphatic carbocycles. The summed E-state index contributed by atoms with van der Waals surface area (Å²) >= 11 is 0. The summed E-state index contributed by atoms with van der Waals surface area (Å²) in [6.45, 7) is 9.96. The first-order chi connectivity index (χ1) is 16.8. The summed E-state index contributed by atoms with van der Waals surface area (Å²) in [6, 6.07) is 21.0. The minimum Gasteiger partial charge on any atom is -0.336 e. The first-order valence-electron chi connectivity index (χ1n) is 12.1. The number of halogens is 1. The van der Waals surface area contributed by atoms with Crippen molar-refractivity contribution in [2.75, 3.05) is 26.2 Å². The number of imidazole rings is 1. The number of piperazine rings is 1. The second kappa shape index (κ2) is 9.27. The molecule has 1 aliphatic rings. The summed E-state index contributed by atoms with van der Waals surface area (Å²) in [4.78, 5) is 21.9. The molecule has 5 rings (SSSR count). The number of carbonyl (C=O) groups is 1. The summed E-state index contributed by atoms with van der Waals surface area (Å²) in [5.41, 5.74) is 5.68. The lowest BCUT2D eigenvalue weighted by atomic mass is 9.86. The van der Waals surface area contributed by atoms with Crippen LogP contribution >= 0.6 is 0 Å². The van der Waals surface area contributed by atoms with Crippen molar-refractivity contribution in [3.8, 4) is 11.3 Å². The van der Waals surface area contributed by atoms with E-state index in [9.17, 15) is 9.18 Å². The highest BCUT2D eigenvalue weighted by atomic mass is 19.1. The summed E-state index contributed by atoms with van der Waals surface area (Å²) in [6.07, 6.45) is 2.06. The molecule has 0 unspecified atom stereocenters. The lowest BCUT2D eigenvalue weighted by molar-refractivity contribution is 0.0622. The molecule has 0 N–H and O–H groups in total. The minimum absolute atomic E-state index is 0.0973. The molecule has 0 spiro atoms. The normalized spacial score (nSPS) is 15.0. The van der Waals surface area contributed by atoms with Crippen molar-refractivity contribution < 1.29 is 9.18 Å². The number of benzene rings is 2. The second-order valence-corrected chi connectivity index (χ2v) is 10.2. The van der Waals surface area contributed by atoms with Crippen molar-refractivity contribution in [1.29, 1.82) is 0 Å². The number of hydrogen-bond acceptors (Lipinski definition) is 3. The average molecular weight is 471 g/mol. The van der Waals surface area contributed by atoms with Crippen LogP contribution in [0.4, 0.5) is 4.39 Å². The third-order valence-electron chi connectivity index (χ3n) is 6.79. The van der Waals surface area contributed by atoms with Crippen molar-refractivity contribution in [2.24, 2.45) is 0 Å². The van der Waals surface area contributed by atoms with Crippen molar-refractivity contribution in [3.63, 3.8) is 0 Å². The fourth-order valence-electron chi connectivity index (χ4n) is 4.68. The zero-order valence-corrected chi connectivity index (χ0v) is 20.5. The van der Waals surface area contributed by atoms with Crippen LogP contribution in [-0.4, -0.2) is 51.3 Å². The molecule has 4 aromatic rings. The number of nitrogens with zero attached hydrogens (tertiary/aromatic N) is 4. The van der Waals surface area contributed by atoms with Gasteiger partial charge in [-0.1, -0.05) is 63.2 Å². The third-order valence-corrected chi connectivity index (χ3v) is 6.79. The zero-order valence-electron chi connectivity index (χ0n) is 20.5. The summed E-state index contributed by atoms with van der Waals surface area (Å²) < 4.78 is 16.3. The van der Waals surface area contributed by atoms with E-state index in [0.29, 0.717) is 13.1 Å². The fourth-order valence-corrected chi connectivity index (χ4v) is 4.68. The maximum absolute atomic E-state index is 14.1. The highest BCUT2D eigenvalue weighted by molar-refractivity contribution is 5.94. The average Bonchev–Trinajstić information content (AvgIpc) is 3.22. The zero-order chi connectivity index (χ0) is 24.6. The van der Waals surface area contributed by atoms with Crippen LogP contribution in [0.2, 0.25) is 0 Å². The minimum atomic E-state index is -0.465. The van der Waals surface area contributed by atoms with Crippen molar-refractivity contribution in [3.05, 3.63) is 95.6 Å². The Kier molecular flexibility index (Phi) is 6.15. The first kappa shape index (κ1) is 23.2. The van der Waals surface area contributed by atoms with Crippen molar-refractivity contribution in [2.45, 2.75) is 32.7 Å². The Morgan fingerprint density at radius 1 is 0.914 bits per heavy atom. The molecule has 180 valence electrons. The van der Waals surface area contributed by atoms with Crippen molar-refractivity contribution >= 4 is 11.6 Å². The Morgan fingerprint density at radius 2 is 1.60 bits per heavy atom. The molecule has 6 heteroatoms. The van der Waals surface area contributed by atoms with E-state index in [1.807, 2.05) is 18.2 Å². The molecule has 0 saturated carbocycles. The van der Waals surface area contributed by atoms with E-state index in [-0.39, 0.29) is 16.9 Å².